The first-order chi connectivity index (χ1) is 12.4. The van der Waals surface area contributed by atoms with Crippen LogP contribution in [-0.4, -0.2) is 43.0 Å². The van der Waals surface area contributed by atoms with Crippen molar-refractivity contribution in [2.75, 3.05) is 6.61 Å². The molecule has 3 aliphatic rings. The quantitative estimate of drug-likeness (QED) is 0.719. The molecule has 1 atom stereocenters. The van der Waals surface area contributed by atoms with Crippen LogP contribution in [-0.2, 0) is 10.0 Å². The lowest BCUT2D eigenvalue weighted by molar-refractivity contribution is -0.0453. The molecule has 1 amide bonds. The highest BCUT2D eigenvalue weighted by Gasteiger charge is 2.57. The molecule has 0 aliphatic heterocycles. The number of aromatic nitrogens is 1. The molecule has 3 saturated carbocycles. The van der Waals surface area contributed by atoms with Crippen LogP contribution in [0.15, 0.2) is 12.3 Å². The van der Waals surface area contributed by atoms with Crippen molar-refractivity contribution in [2.24, 2.45) is 5.92 Å². The Morgan fingerprint density at radius 3 is 2.56 bits per heavy atom. The summed E-state index contributed by atoms with van der Waals surface area (Å²) in [5, 5.41) is 3.00. The molecule has 11 heteroatoms. The zero-order valence-corrected chi connectivity index (χ0v) is 15.6. The number of aryl methyl sites for hydroxylation is 1. The zero-order valence-electron chi connectivity index (χ0n) is 14.8. The second kappa shape index (κ2) is 6.62. The lowest BCUT2D eigenvalue weighted by atomic mass is 9.50. The maximum atomic E-state index is 12.5. The average molecular weight is 407 g/mol. The van der Waals surface area contributed by atoms with E-state index in [1.807, 2.05) is 0 Å². The molecular formula is C16H20F3N3O4S. The van der Waals surface area contributed by atoms with Crippen LogP contribution >= 0.6 is 0 Å². The lowest BCUT2D eigenvalue weighted by Crippen LogP contribution is -2.68. The third-order valence-corrected chi connectivity index (χ3v) is 6.21. The van der Waals surface area contributed by atoms with Crippen LogP contribution in [0.3, 0.4) is 0 Å². The van der Waals surface area contributed by atoms with Crippen LogP contribution < -0.4 is 14.8 Å². The number of alkyl halides is 3. The topological polar surface area (TPSA) is 97.4 Å². The number of ether oxygens (including phenoxy) is 1. The van der Waals surface area contributed by atoms with Gasteiger partial charge in [0.2, 0.25) is 0 Å². The van der Waals surface area contributed by atoms with Crippen LogP contribution in [0.5, 0.6) is 5.75 Å². The van der Waals surface area contributed by atoms with Gasteiger partial charge in [0, 0.05) is 5.54 Å². The summed E-state index contributed by atoms with van der Waals surface area (Å²) in [5.41, 5.74) is -4.67. The summed E-state index contributed by atoms with van der Waals surface area (Å²) in [6, 6.07) is 0.324. The predicted molar refractivity (Wildman–Crippen MR) is 89.6 cm³/mol. The Morgan fingerprint density at radius 2 is 2.04 bits per heavy atom. The van der Waals surface area contributed by atoms with E-state index in [2.05, 4.69) is 10.3 Å². The summed E-state index contributed by atoms with van der Waals surface area (Å²) in [7, 11) is -5.45. The van der Waals surface area contributed by atoms with Crippen LogP contribution in [0.4, 0.5) is 13.2 Å². The number of nitrogens with zero attached hydrogens (tertiary/aromatic N) is 1. The van der Waals surface area contributed by atoms with Gasteiger partial charge in [0.25, 0.3) is 5.91 Å². The summed E-state index contributed by atoms with van der Waals surface area (Å²) in [6.45, 7) is 2.55. The van der Waals surface area contributed by atoms with Crippen molar-refractivity contribution in [1.29, 1.82) is 0 Å². The number of amides is 1. The first kappa shape index (κ1) is 19.9. The fourth-order valence-corrected chi connectivity index (χ4v) is 4.08. The highest BCUT2D eigenvalue weighted by atomic mass is 32.2. The van der Waals surface area contributed by atoms with Crippen molar-refractivity contribution in [3.8, 4) is 5.75 Å². The van der Waals surface area contributed by atoms with Crippen molar-refractivity contribution in [2.45, 2.75) is 50.2 Å². The SMILES string of the molecule is Cc1ncc(OCC(C)NS(=O)(=O)C(F)(F)F)cc1C(=O)NC12CC(C1)C2. The first-order valence-electron chi connectivity index (χ1n) is 8.41. The minimum Gasteiger partial charge on any atom is -0.490 e. The van der Waals surface area contributed by atoms with Gasteiger partial charge in [-0.3, -0.25) is 9.78 Å². The third kappa shape index (κ3) is 4.03. The zero-order chi connectivity index (χ0) is 20.0. The maximum absolute atomic E-state index is 12.5. The van der Waals surface area contributed by atoms with E-state index in [4.69, 9.17) is 4.74 Å². The van der Waals surface area contributed by atoms with Gasteiger partial charge in [-0.2, -0.15) is 13.2 Å². The Labute approximate surface area is 154 Å². The summed E-state index contributed by atoms with van der Waals surface area (Å²) in [6.07, 6.45) is 4.28. The van der Waals surface area contributed by atoms with Gasteiger partial charge in [-0.05, 0) is 45.1 Å². The van der Waals surface area contributed by atoms with E-state index in [9.17, 15) is 26.4 Å². The molecular weight excluding hydrogens is 387 g/mol. The highest BCUT2D eigenvalue weighted by Crippen LogP contribution is 2.57. The second-order valence-corrected chi connectivity index (χ2v) is 9.00. The van der Waals surface area contributed by atoms with Crippen molar-refractivity contribution in [3.05, 3.63) is 23.5 Å². The average Bonchev–Trinajstić information content (AvgIpc) is 2.47. The van der Waals surface area contributed by atoms with Gasteiger partial charge in [-0.25, -0.2) is 13.1 Å². The van der Waals surface area contributed by atoms with Gasteiger partial charge in [-0.1, -0.05) is 0 Å². The molecule has 27 heavy (non-hydrogen) atoms. The van der Waals surface area contributed by atoms with Gasteiger partial charge in [0.05, 0.1) is 23.5 Å². The molecule has 4 rings (SSSR count). The van der Waals surface area contributed by atoms with Crippen molar-refractivity contribution in [3.63, 3.8) is 0 Å². The highest BCUT2D eigenvalue weighted by molar-refractivity contribution is 7.90. The maximum Gasteiger partial charge on any atom is 0.511 e. The van der Waals surface area contributed by atoms with Gasteiger partial charge < -0.3 is 10.1 Å². The normalized spacial score (nSPS) is 25.1. The van der Waals surface area contributed by atoms with Gasteiger partial charge in [-0.15, -0.1) is 0 Å². The Morgan fingerprint density at radius 1 is 1.41 bits per heavy atom. The Kier molecular flexibility index (Phi) is 4.87. The smallest absolute Gasteiger partial charge is 0.490 e. The summed E-state index contributed by atoms with van der Waals surface area (Å²) in [5.74, 6) is 0.608. The molecule has 7 nitrogen and oxygen atoms in total. The van der Waals surface area contributed by atoms with E-state index in [1.54, 1.807) is 6.92 Å². The van der Waals surface area contributed by atoms with Crippen LogP contribution in [0.25, 0.3) is 0 Å². The molecule has 0 radical (unpaired) electrons. The number of hydrogen-bond acceptors (Lipinski definition) is 5. The Bertz CT molecular complexity index is 840. The molecule has 1 unspecified atom stereocenters. The van der Waals surface area contributed by atoms with Gasteiger partial charge in [0.1, 0.15) is 12.4 Å². The Hall–Kier alpha value is -1.88. The fourth-order valence-electron chi connectivity index (χ4n) is 3.35. The van der Waals surface area contributed by atoms with Crippen LogP contribution in [0.2, 0.25) is 0 Å². The Balaban J connectivity index is 1.59. The number of hydrogen-bond donors (Lipinski definition) is 2. The molecule has 0 spiro atoms. The standard InChI is InChI=1S/C16H20F3N3O4S/c1-9(22-27(24,25)16(17,18)19)8-26-12-3-13(10(2)20-7-12)14(23)21-15-4-11(5-15)6-15/h3,7,9,11,22H,4-6,8H2,1-2H3,(H,21,23). The molecule has 2 N–H and O–H groups in total. The van der Waals surface area contributed by atoms with E-state index in [0.717, 1.165) is 19.3 Å². The third-order valence-electron chi connectivity index (χ3n) is 4.88. The van der Waals surface area contributed by atoms with E-state index in [0.29, 0.717) is 17.2 Å². The van der Waals surface area contributed by atoms with E-state index in [-0.39, 0.29) is 23.8 Å². The second-order valence-electron chi connectivity index (χ2n) is 7.30. The summed E-state index contributed by atoms with van der Waals surface area (Å²) in [4.78, 5) is 16.5. The molecule has 3 fully saturated rings. The molecule has 1 heterocycles. The molecule has 3 aliphatic carbocycles. The number of rotatable bonds is 7. The fraction of sp³-hybridized carbons (Fsp3) is 0.625. The number of nitrogens with one attached hydrogen (secondary N) is 2. The molecule has 150 valence electrons. The number of halogens is 3. The van der Waals surface area contributed by atoms with Gasteiger partial charge in [0.15, 0.2) is 0 Å². The lowest BCUT2D eigenvalue weighted by Gasteiger charge is -2.61. The minimum atomic E-state index is -5.45. The summed E-state index contributed by atoms with van der Waals surface area (Å²) >= 11 is 0. The van der Waals surface area contributed by atoms with Crippen LogP contribution in [0, 0.1) is 12.8 Å². The molecule has 0 saturated heterocycles. The molecule has 0 aromatic carbocycles. The van der Waals surface area contributed by atoms with E-state index >= 15 is 0 Å². The number of carbonyl (C=O) groups is 1. The monoisotopic (exact) mass is 407 g/mol. The van der Waals surface area contributed by atoms with Crippen molar-refractivity contribution >= 4 is 15.9 Å². The first-order valence-corrected chi connectivity index (χ1v) is 9.90. The van der Waals surface area contributed by atoms with Crippen LogP contribution in [0.1, 0.15) is 42.2 Å². The number of sulfonamides is 1. The largest absolute Gasteiger partial charge is 0.511 e. The molecule has 1 aromatic heterocycles. The summed E-state index contributed by atoms with van der Waals surface area (Å²) < 4.78 is 66.1. The van der Waals surface area contributed by atoms with E-state index < -0.39 is 21.6 Å². The minimum absolute atomic E-state index is 0.102. The molecule has 1 aromatic rings. The molecule has 2 bridgehead atoms. The number of pyridine rings is 1. The number of carbonyl (C=O) groups excluding carboxylic acids is 1. The van der Waals surface area contributed by atoms with Crippen molar-refractivity contribution in [1.82, 2.24) is 15.0 Å². The van der Waals surface area contributed by atoms with E-state index in [1.165, 1.54) is 23.9 Å². The predicted octanol–water partition coefficient (Wildman–Crippen LogP) is 1.88. The van der Waals surface area contributed by atoms with Gasteiger partial charge >= 0.3 is 15.5 Å². The van der Waals surface area contributed by atoms with Crippen molar-refractivity contribution < 1.29 is 31.1 Å².